The van der Waals surface area contributed by atoms with Crippen molar-refractivity contribution < 1.29 is 19.5 Å². The van der Waals surface area contributed by atoms with Crippen molar-refractivity contribution >= 4 is 29.5 Å². The monoisotopic (exact) mass is 336 g/mol. The number of nitrogens with zero attached hydrogens (tertiary/aromatic N) is 1. The SMILES string of the molecule is CC(=O)N1CSC[C@H]1C(=O)N[C@H](CCC(=O)O)c1ccccc1. The van der Waals surface area contributed by atoms with Crippen LogP contribution in [0.4, 0.5) is 0 Å². The summed E-state index contributed by atoms with van der Waals surface area (Å²) in [6, 6.07) is 8.42. The number of hydrogen-bond acceptors (Lipinski definition) is 4. The van der Waals surface area contributed by atoms with Gasteiger partial charge in [0.05, 0.1) is 11.9 Å². The molecule has 2 amide bonds. The number of carbonyl (C=O) groups excluding carboxylic acids is 2. The minimum absolute atomic E-state index is 0.0321. The van der Waals surface area contributed by atoms with Crippen LogP contribution in [0.15, 0.2) is 30.3 Å². The van der Waals surface area contributed by atoms with E-state index >= 15 is 0 Å². The highest BCUT2D eigenvalue weighted by atomic mass is 32.2. The molecule has 1 aromatic rings. The van der Waals surface area contributed by atoms with Crippen LogP contribution in [0.5, 0.6) is 0 Å². The van der Waals surface area contributed by atoms with E-state index in [1.165, 1.54) is 18.7 Å². The van der Waals surface area contributed by atoms with Crippen molar-refractivity contribution in [2.24, 2.45) is 0 Å². The second-order valence-corrected chi connectivity index (χ2v) is 6.41. The second kappa shape index (κ2) is 8.01. The first-order valence-corrected chi connectivity index (χ1v) is 8.56. The van der Waals surface area contributed by atoms with Crippen molar-refractivity contribution in [2.75, 3.05) is 11.6 Å². The average Bonchev–Trinajstić information content (AvgIpc) is 3.02. The number of hydrogen-bond donors (Lipinski definition) is 2. The van der Waals surface area contributed by atoms with E-state index in [-0.39, 0.29) is 24.3 Å². The lowest BCUT2D eigenvalue weighted by atomic mass is 10.0. The van der Waals surface area contributed by atoms with Crippen LogP contribution in [-0.2, 0) is 14.4 Å². The van der Waals surface area contributed by atoms with E-state index in [9.17, 15) is 14.4 Å². The Balaban J connectivity index is 2.09. The maximum absolute atomic E-state index is 12.5. The van der Waals surface area contributed by atoms with Crippen molar-refractivity contribution in [1.29, 1.82) is 0 Å². The largest absolute Gasteiger partial charge is 0.481 e. The minimum Gasteiger partial charge on any atom is -0.481 e. The molecule has 0 aliphatic carbocycles. The Hall–Kier alpha value is -2.02. The molecule has 2 N–H and O–H groups in total. The third-order valence-corrected chi connectivity index (χ3v) is 4.77. The first-order valence-electron chi connectivity index (χ1n) is 7.41. The van der Waals surface area contributed by atoms with Gasteiger partial charge in [0, 0.05) is 19.1 Å². The molecule has 124 valence electrons. The summed E-state index contributed by atoms with van der Waals surface area (Å²) in [7, 11) is 0. The Labute approximate surface area is 139 Å². The molecule has 23 heavy (non-hydrogen) atoms. The van der Waals surface area contributed by atoms with Crippen molar-refractivity contribution in [3.05, 3.63) is 35.9 Å². The van der Waals surface area contributed by atoms with Gasteiger partial charge in [-0.05, 0) is 12.0 Å². The summed E-state index contributed by atoms with van der Waals surface area (Å²) < 4.78 is 0. The van der Waals surface area contributed by atoms with E-state index in [0.29, 0.717) is 18.1 Å². The number of carboxylic acids is 1. The summed E-state index contributed by atoms with van der Waals surface area (Å²) in [4.78, 5) is 36.5. The van der Waals surface area contributed by atoms with Crippen LogP contribution >= 0.6 is 11.8 Å². The fourth-order valence-corrected chi connectivity index (χ4v) is 3.73. The van der Waals surface area contributed by atoms with E-state index in [1.54, 1.807) is 4.90 Å². The number of amides is 2. The van der Waals surface area contributed by atoms with E-state index in [4.69, 9.17) is 5.11 Å². The molecule has 0 saturated carbocycles. The van der Waals surface area contributed by atoms with Crippen LogP contribution in [-0.4, -0.2) is 45.5 Å². The van der Waals surface area contributed by atoms with Gasteiger partial charge in [0.1, 0.15) is 6.04 Å². The maximum Gasteiger partial charge on any atom is 0.303 e. The molecule has 0 spiro atoms. The van der Waals surface area contributed by atoms with Gasteiger partial charge in [-0.1, -0.05) is 30.3 Å². The Kier molecular flexibility index (Phi) is 6.04. The number of carboxylic acid groups (broad SMARTS) is 1. The molecule has 0 unspecified atom stereocenters. The summed E-state index contributed by atoms with van der Waals surface area (Å²) in [6.07, 6.45) is 0.278. The van der Waals surface area contributed by atoms with Crippen molar-refractivity contribution in [3.63, 3.8) is 0 Å². The van der Waals surface area contributed by atoms with Crippen LogP contribution in [0.2, 0.25) is 0 Å². The molecule has 2 atom stereocenters. The van der Waals surface area contributed by atoms with Crippen molar-refractivity contribution in [1.82, 2.24) is 10.2 Å². The Bertz CT molecular complexity index is 579. The third kappa shape index (κ3) is 4.72. The molecule has 0 bridgehead atoms. The molecule has 1 heterocycles. The molecule has 2 rings (SSSR count). The topological polar surface area (TPSA) is 86.7 Å². The smallest absolute Gasteiger partial charge is 0.303 e. The van der Waals surface area contributed by atoms with Gasteiger partial charge in [-0.2, -0.15) is 0 Å². The van der Waals surface area contributed by atoms with Gasteiger partial charge in [0.2, 0.25) is 11.8 Å². The number of nitrogens with one attached hydrogen (secondary N) is 1. The molecule has 1 aliphatic rings. The normalized spacial score (nSPS) is 18.5. The van der Waals surface area contributed by atoms with Crippen LogP contribution in [0.25, 0.3) is 0 Å². The molecule has 1 fully saturated rings. The molecular weight excluding hydrogens is 316 g/mol. The van der Waals surface area contributed by atoms with Crippen molar-refractivity contribution in [2.45, 2.75) is 31.8 Å². The standard InChI is InChI=1S/C16H20N2O4S/c1-11(19)18-10-23-9-14(18)16(22)17-13(7-8-15(20)21)12-5-3-2-4-6-12/h2-6,13-14H,7-10H2,1H3,(H,17,22)(H,20,21)/t13-,14+/m1/s1. The zero-order chi connectivity index (χ0) is 16.8. The third-order valence-electron chi connectivity index (χ3n) is 3.75. The van der Waals surface area contributed by atoms with E-state index in [2.05, 4.69) is 5.32 Å². The highest BCUT2D eigenvalue weighted by molar-refractivity contribution is 7.99. The predicted molar refractivity (Wildman–Crippen MR) is 87.8 cm³/mol. The molecule has 1 saturated heterocycles. The molecule has 6 nitrogen and oxygen atoms in total. The number of benzene rings is 1. The second-order valence-electron chi connectivity index (χ2n) is 5.41. The fraction of sp³-hybridized carbons (Fsp3) is 0.438. The molecule has 1 aromatic carbocycles. The summed E-state index contributed by atoms with van der Waals surface area (Å²) >= 11 is 1.54. The van der Waals surface area contributed by atoms with Gasteiger partial charge in [0.25, 0.3) is 0 Å². The van der Waals surface area contributed by atoms with E-state index in [1.807, 2.05) is 30.3 Å². The van der Waals surface area contributed by atoms with Crippen LogP contribution in [0.1, 0.15) is 31.4 Å². The highest BCUT2D eigenvalue weighted by Crippen LogP contribution is 2.23. The van der Waals surface area contributed by atoms with Crippen LogP contribution < -0.4 is 5.32 Å². The Morgan fingerprint density at radius 3 is 2.65 bits per heavy atom. The number of thioether (sulfide) groups is 1. The molecule has 1 aliphatic heterocycles. The summed E-state index contributed by atoms with van der Waals surface area (Å²) in [5.41, 5.74) is 0.863. The number of rotatable bonds is 6. The zero-order valence-electron chi connectivity index (χ0n) is 12.9. The zero-order valence-corrected chi connectivity index (χ0v) is 13.7. The molecular formula is C16H20N2O4S. The van der Waals surface area contributed by atoms with Crippen LogP contribution in [0.3, 0.4) is 0 Å². The highest BCUT2D eigenvalue weighted by Gasteiger charge is 2.34. The Morgan fingerprint density at radius 2 is 2.04 bits per heavy atom. The van der Waals surface area contributed by atoms with E-state index in [0.717, 1.165) is 5.56 Å². The van der Waals surface area contributed by atoms with Gasteiger partial charge >= 0.3 is 5.97 Å². The van der Waals surface area contributed by atoms with Crippen molar-refractivity contribution in [3.8, 4) is 0 Å². The van der Waals surface area contributed by atoms with Gasteiger partial charge in [0.15, 0.2) is 0 Å². The van der Waals surface area contributed by atoms with Gasteiger partial charge in [-0.15, -0.1) is 11.8 Å². The number of aliphatic carboxylic acids is 1. The van der Waals surface area contributed by atoms with Crippen LogP contribution in [0, 0.1) is 0 Å². The summed E-state index contributed by atoms with van der Waals surface area (Å²) in [6.45, 7) is 1.45. The first-order chi connectivity index (χ1) is 11.0. The van der Waals surface area contributed by atoms with E-state index < -0.39 is 12.0 Å². The lowest BCUT2D eigenvalue weighted by molar-refractivity contribution is -0.138. The summed E-state index contributed by atoms with van der Waals surface area (Å²) in [5, 5.41) is 11.8. The lowest BCUT2D eigenvalue weighted by Gasteiger charge is -2.25. The first kappa shape index (κ1) is 17.3. The molecule has 0 radical (unpaired) electrons. The minimum atomic E-state index is -0.901. The predicted octanol–water partition coefficient (Wildman–Crippen LogP) is 1.63. The lowest BCUT2D eigenvalue weighted by Crippen LogP contribution is -2.47. The fourth-order valence-electron chi connectivity index (χ4n) is 2.51. The average molecular weight is 336 g/mol. The number of carbonyl (C=O) groups is 3. The van der Waals surface area contributed by atoms with Gasteiger partial charge in [-0.25, -0.2) is 0 Å². The molecule has 7 heteroatoms. The maximum atomic E-state index is 12.5. The van der Waals surface area contributed by atoms with Gasteiger partial charge < -0.3 is 15.3 Å². The van der Waals surface area contributed by atoms with Gasteiger partial charge in [-0.3, -0.25) is 14.4 Å². The quantitative estimate of drug-likeness (QED) is 0.824. The summed E-state index contributed by atoms with van der Waals surface area (Å²) in [5.74, 6) is -0.187. The molecule has 0 aromatic heterocycles. The Morgan fingerprint density at radius 1 is 1.35 bits per heavy atom.